The summed E-state index contributed by atoms with van der Waals surface area (Å²) in [5.74, 6) is 0.0444. The molecule has 1 saturated carbocycles. The van der Waals surface area contributed by atoms with Gasteiger partial charge in [-0.25, -0.2) is 0 Å². The number of rotatable bonds is 4. The first kappa shape index (κ1) is 11.1. The van der Waals surface area contributed by atoms with Crippen LogP contribution in [-0.2, 0) is 10.2 Å². The smallest absolute Gasteiger partial charge is 0.304 e. The summed E-state index contributed by atoms with van der Waals surface area (Å²) in [6.07, 6.45) is 3.89. The molecule has 18 heavy (non-hydrogen) atoms. The van der Waals surface area contributed by atoms with Gasteiger partial charge in [0.15, 0.2) is 0 Å². The first-order valence-corrected chi connectivity index (χ1v) is 6.03. The summed E-state index contributed by atoms with van der Waals surface area (Å²) in [5, 5.41) is 10.2. The van der Waals surface area contributed by atoms with Crippen LogP contribution < -0.4 is 4.74 Å². The summed E-state index contributed by atoms with van der Waals surface area (Å²) in [4.78, 5) is 14.2. The molecule has 1 aromatic carbocycles. The number of carbonyl (C=O) groups is 1. The second-order valence-electron chi connectivity index (χ2n) is 4.93. The van der Waals surface area contributed by atoms with E-state index in [2.05, 4.69) is 4.98 Å². The summed E-state index contributed by atoms with van der Waals surface area (Å²) in [5.41, 5.74) is 1.84. The van der Waals surface area contributed by atoms with Crippen molar-refractivity contribution in [1.82, 2.24) is 4.98 Å². The zero-order chi connectivity index (χ0) is 12.8. The van der Waals surface area contributed by atoms with Crippen LogP contribution in [-0.4, -0.2) is 23.2 Å². The summed E-state index contributed by atoms with van der Waals surface area (Å²) in [7, 11) is 1.63. The van der Waals surface area contributed by atoms with Crippen LogP contribution in [0.4, 0.5) is 0 Å². The van der Waals surface area contributed by atoms with Crippen molar-refractivity contribution < 1.29 is 14.6 Å². The molecule has 2 aromatic rings. The van der Waals surface area contributed by atoms with E-state index in [0.717, 1.165) is 35.1 Å². The molecule has 0 aliphatic heterocycles. The number of aliphatic carboxylic acids is 1. The van der Waals surface area contributed by atoms with Crippen LogP contribution in [0.1, 0.15) is 24.8 Å². The zero-order valence-corrected chi connectivity index (χ0v) is 10.2. The van der Waals surface area contributed by atoms with Gasteiger partial charge < -0.3 is 14.8 Å². The quantitative estimate of drug-likeness (QED) is 0.870. The Balaban J connectivity index is 2.20. The van der Waals surface area contributed by atoms with E-state index >= 15 is 0 Å². The second kappa shape index (κ2) is 3.77. The lowest BCUT2D eigenvalue weighted by atomic mass is 9.89. The van der Waals surface area contributed by atoms with E-state index in [0.29, 0.717) is 0 Å². The van der Waals surface area contributed by atoms with Crippen molar-refractivity contribution in [3.63, 3.8) is 0 Å². The number of aromatic amines is 1. The molecule has 94 valence electrons. The highest BCUT2D eigenvalue weighted by molar-refractivity contribution is 5.88. The van der Waals surface area contributed by atoms with Gasteiger partial charge in [0, 0.05) is 28.1 Å². The number of hydrogen-bond donors (Lipinski definition) is 2. The topological polar surface area (TPSA) is 62.3 Å². The summed E-state index contributed by atoms with van der Waals surface area (Å²) in [6.45, 7) is 0. The number of ether oxygens (including phenoxy) is 1. The zero-order valence-electron chi connectivity index (χ0n) is 10.2. The highest BCUT2D eigenvalue weighted by Gasteiger charge is 2.48. The molecule has 2 N–H and O–H groups in total. The first-order chi connectivity index (χ1) is 8.66. The minimum Gasteiger partial charge on any atom is -0.496 e. The van der Waals surface area contributed by atoms with E-state index in [1.807, 2.05) is 24.4 Å². The molecule has 3 rings (SSSR count). The molecule has 0 radical (unpaired) electrons. The molecule has 1 aliphatic rings. The molecule has 0 bridgehead atoms. The predicted octanol–water partition coefficient (Wildman–Crippen LogP) is 2.68. The number of H-pyrrole nitrogens is 1. The molecule has 1 aromatic heterocycles. The van der Waals surface area contributed by atoms with Crippen molar-refractivity contribution in [2.45, 2.75) is 24.7 Å². The maximum absolute atomic E-state index is 11.1. The Morgan fingerprint density at radius 2 is 2.22 bits per heavy atom. The molecule has 0 atom stereocenters. The van der Waals surface area contributed by atoms with Gasteiger partial charge in [0.1, 0.15) is 5.75 Å². The highest BCUT2D eigenvalue weighted by atomic mass is 16.5. The third-order valence-electron chi connectivity index (χ3n) is 3.79. The molecule has 0 unspecified atom stereocenters. The molecule has 1 heterocycles. The van der Waals surface area contributed by atoms with Crippen molar-refractivity contribution in [3.05, 3.63) is 30.0 Å². The molecule has 4 nitrogen and oxygen atoms in total. The van der Waals surface area contributed by atoms with Crippen molar-refractivity contribution in [2.75, 3.05) is 7.11 Å². The summed E-state index contributed by atoms with van der Waals surface area (Å²) < 4.78 is 5.42. The number of fused-ring (bicyclic) bond motifs is 1. The Hall–Kier alpha value is -1.97. The van der Waals surface area contributed by atoms with Crippen LogP contribution in [0.25, 0.3) is 10.9 Å². The van der Waals surface area contributed by atoms with Gasteiger partial charge in [0.2, 0.25) is 0 Å². The van der Waals surface area contributed by atoms with Crippen molar-refractivity contribution in [1.29, 1.82) is 0 Å². The summed E-state index contributed by atoms with van der Waals surface area (Å²) >= 11 is 0. The third kappa shape index (κ3) is 1.56. The van der Waals surface area contributed by atoms with Gasteiger partial charge in [-0.2, -0.15) is 0 Å². The Bertz CT molecular complexity index is 611. The number of carboxylic acids is 1. The normalized spacial score (nSPS) is 16.7. The number of nitrogens with one attached hydrogen (secondary N) is 1. The second-order valence-corrected chi connectivity index (χ2v) is 4.93. The highest BCUT2D eigenvalue weighted by Crippen LogP contribution is 2.55. The van der Waals surface area contributed by atoms with Crippen molar-refractivity contribution >= 4 is 16.9 Å². The fraction of sp³-hybridized carbons (Fsp3) is 0.357. The monoisotopic (exact) mass is 245 g/mol. The number of hydrogen-bond acceptors (Lipinski definition) is 2. The lowest BCUT2D eigenvalue weighted by Gasteiger charge is -2.18. The van der Waals surface area contributed by atoms with E-state index in [1.165, 1.54) is 0 Å². The van der Waals surface area contributed by atoms with E-state index in [1.54, 1.807) is 7.11 Å². The summed E-state index contributed by atoms with van der Waals surface area (Å²) in [6, 6.07) is 5.87. The van der Waals surface area contributed by atoms with Crippen LogP contribution in [0.5, 0.6) is 5.75 Å². The molecule has 0 spiro atoms. The number of methoxy groups -OCH3 is 1. The maximum atomic E-state index is 11.1. The van der Waals surface area contributed by atoms with Crippen LogP contribution in [0, 0.1) is 0 Å². The molecule has 0 amide bonds. The fourth-order valence-electron chi connectivity index (χ4n) is 2.79. The average Bonchev–Trinajstić information content (AvgIpc) is 2.93. The van der Waals surface area contributed by atoms with E-state index < -0.39 is 5.97 Å². The average molecular weight is 245 g/mol. The van der Waals surface area contributed by atoms with E-state index in [9.17, 15) is 4.79 Å². The van der Waals surface area contributed by atoms with Gasteiger partial charge in [-0.1, -0.05) is 0 Å². The maximum Gasteiger partial charge on any atom is 0.304 e. The Morgan fingerprint density at radius 1 is 1.44 bits per heavy atom. The Kier molecular flexibility index (Phi) is 2.33. The Labute approximate surface area is 105 Å². The molecular formula is C14H15NO3. The standard InChI is InChI=1S/C14H15NO3/c1-18-11-3-2-10-9(4-7-15-10)13(11)14(5-6-14)8-12(16)17/h2-4,7,15H,5-6,8H2,1H3,(H,16,17). The van der Waals surface area contributed by atoms with Gasteiger partial charge in [-0.05, 0) is 31.0 Å². The minimum atomic E-state index is -0.748. The number of carboxylic acid groups (broad SMARTS) is 1. The molecule has 1 aliphatic carbocycles. The SMILES string of the molecule is COc1ccc2[nH]ccc2c1C1(CC(=O)O)CC1. The van der Waals surface area contributed by atoms with Crippen LogP contribution in [0.3, 0.4) is 0 Å². The van der Waals surface area contributed by atoms with Crippen LogP contribution in [0.15, 0.2) is 24.4 Å². The van der Waals surface area contributed by atoms with E-state index in [4.69, 9.17) is 9.84 Å². The van der Waals surface area contributed by atoms with Gasteiger partial charge in [-0.3, -0.25) is 4.79 Å². The van der Waals surface area contributed by atoms with Gasteiger partial charge >= 0.3 is 5.97 Å². The molecular weight excluding hydrogens is 230 g/mol. The third-order valence-corrected chi connectivity index (χ3v) is 3.79. The largest absolute Gasteiger partial charge is 0.496 e. The van der Waals surface area contributed by atoms with Gasteiger partial charge in [0.25, 0.3) is 0 Å². The van der Waals surface area contributed by atoms with Crippen molar-refractivity contribution in [2.24, 2.45) is 0 Å². The van der Waals surface area contributed by atoms with E-state index in [-0.39, 0.29) is 11.8 Å². The molecule has 0 saturated heterocycles. The van der Waals surface area contributed by atoms with Crippen LogP contribution in [0.2, 0.25) is 0 Å². The fourth-order valence-corrected chi connectivity index (χ4v) is 2.79. The lowest BCUT2D eigenvalue weighted by molar-refractivity contribution is -0.137. The van der Waals surface area contributed by atoms with Gasteiger partial charge in [0.05, 0.1) is 13.5 Å². The Morgan fingerprint density at radius 3 is 2.83 bits per heavy atom. The first-order valence-electron chi connectivity index (χ1n) is 6.03. The predicted molar refractivity (Wildman–Crippen MR) is 68.0 cm³/mol. The lowest BCUT2D eigenvalue weighted by Crippen LogP contribution is -2.14. The minimum absolute atomic E-state index is 0.174. The van der Waals surface area contributed by atoms with Gasteiger partial charge in [-0.15, -0.1) is 0 Å². The van der Waals surface area contributed by atoms with Crippen molar-refractivity contribution in [3.8, 4) is 5.75 Å². The molecule has 1 fully saturated rings. The molecule has 4 heteroatoms. The van der Waals surface area contributed by atoms with Crippen LogP contribution >= 0.6 is 0 Å². The number of aromatic nitrogens is 1. The number of benzene rings is 1.